The van der Waals surface area contributed by atoms with Crippen molar-refractivity contribution in [2.45, 2.75) is 52.4 Å². The highest BCUT2D eigenvalue weighted by Crippen LogP contribution is 2.45. The van der Waals surface area contributed by atoms with Crippen molar-refractivity contribution in [1.82, 2.24) is 0 Å². The summed E-state index contributed by atoms with van der Waals surface area (Å²) in [6.07, 6.45) is 0. The SMILES string of the molecule is CC(C)(C)c1cc2ccc3cc(C(C)(C)C)cc4c5cc6cc(-c7ccccc7[N+](=O)[O-])ccc6cc5c(c1)c2c34. The monoisotopic (exact) mass is 535 g/mol. The third kappa shape index (κ3) is 3.94. The van der Waals surface area contributed by atoms with E-state index in [1.54, 1.807) is 12.1 Å². The lowest BCUT2D eigenvalue weighted by Gasteiger charge is -2.25. The smallest absolute Gasteiger partial charge is 0.258 e. The number of hydrogen-bond donors (Lipinski definition) is 0. The molecule has 3 heteroatoms. The van der Waals surface area contributed by atoms with E-state index in [9.17, 15) is 10.1 Å². The number of nitro benzene ring substituents is 1. The second-order valence-corrected chi connectivity index (χ2v) is 13.5. The van der Waals surface area contributed by atoms with E-state index in [1.807, 2.05) is 18.2 Å². The molecule has 0 aliphatic carbocycles. The van der Waals surface area contributed by atoms with Gasteiger partial charge in [-0.25, -0.2) is 0 Å². The second kappa shape index (κ2) is 8.50. The van der Waals surface area contributed by atoms with Gasteiger partial charge in [-0.05, 0) is 118 Å². The molecule has 41 heavy (non-hydrogen) atoms. The van der Waals surface area contributed by atoms with E-state index in [4.69, 9.17) is 0 Å². The number of para-hydroxylation sites is 1. The first kappa shape index (κ1) is 25.5. The van der Waals surface area contributed by atoms with Gasteiger partial charge < -0.3 is 0 Å². The maximum Gasteiger partial charge on any atom is 0.277 e. The van der Waals surface area contributed by atoms with Crippen LogP contribution in [0.2, 0.25) is 0 Å². The Kier molecular flexibility index (Phi) is 5.28. The van der Waals surface area contributed by atoms with E-state index in [-0.39, 0.29) is 21.4 Å². The van der Waals surface area contributed by atoms with Crippen molar-refractivity contribution in [3.8, 4) is 11.1 Å². The Labute approximate surface area is 239 Å². The highest BCUT2D eigenvalue weighted by molar-refractivity contribution is 6.35. The standard InChI is InChI=1S/C38H33NO2/c1-37(2,3)27-16-24-13-14-25-17-28(38(4,5)6)21-33-31-19-26-15-23(29-9-7-8-10-34(29)39(40)41)12-11-22(26)18-30(31)32(20-27)35(24)36(25)33/h7-21H,1-6H3. The van der Waals surface area contributed by atoms with Gasteiger partial charge in [0.1, 0.15) is 0 Å². The van der Waals surface area contributed by atoms with Crippen LogP contribution in [0.25, 0.3) is 65.0 Å². The molecule has 0 unspecified atom stereocenters. The summed E-state index contributed by atoms with van der Waals surface area (Å²) in [4.78, 5) is 11.5. The van der Waals surface area contributed by atoms with E-state index < -0.39 is 0 Å². The molecule has 7 aromatic rings. The first-order valence-electron chi connectivity index (χ1n) is 14.3. The number of nitrogens with zero attached hydrogens (tertiary/aromatic N) is 1. The Balaban J connectivity index is 1.65. The summed E-state index contributed by atoms with van der Waals surface area (Å²) in [6.45, 7) is 13.6. The van der Waals surface area contributed by atoms with E-state index in [0.29, 0.717) is 5.56 Å². The van der Waals surface area contributed by atoms with Crippen LogP contribution >= 0.6 is 0 Å². The molecular formula is C38H33NO2. The molecule has 0 saturated heterocycles. The van der Waals surface area contributed by atoms with Crippen LogP contribution in [0.15, 0.2) is 91.0 Å². The zero-order valence-corrected chi connectivity index (χ0v) is 24.4. The number of rotatable bonds is 2. The molecule has 0 bridgehead atoms. The van der Waals surface area contributed by atoms with Crippen molar-refractivity contribution >= 4 is 59.5 Å². The van der Waals surface area contributed by atoms with Crippen LogP contribution in [-0.4, -0.2) is 4.92 Å². The quantitative estimate of drug-likeness (QED) is 0.0956. The molecule has 202 valence electrons. The van der Waals surface area contributed by atoms with Crippen molar-refractivity contribution < 1.29 is 4.92 Å². The summed E-state index contributed by atoms with van der Waals surface area (Å²) < 4.78 is 0. The minimum absolute atomic E-state index is 0.00639. The fourth-order valence-electron chi connectivity index (χ4n) is 6.41. The Morgan fingerprint density at radius 3 is 1.59 bits per heavy atom. The molecule has 0 amide bonds. The predicted octanol–water partition coefficient (Wildman–Crippen LogP) is 11.1. The highest BCUT2D eigenvalue weighted by Gasteiger charge is 2.22. The number of nitro groups is 1. The topological polar surface area (TPSA) is 43.1 Å². The Bertz CT molecular complexity index is 2190. The van der Waals surface area contributed by atoms with Crippen LogP contribution in [0.5, 0.6) is 0 Å². The largest absolute Gasteiger partial charge is 0.277 e. The maximum absolute atomic E-state index is 11.8. The van der Waals surface area contributed by atoms with Crippen LogP contribution in [-0.2, 0) is 10.8 Å². The first-order chi connectivity index (χ1) is 19.4. The van der Waals surface area contributed by atoms with Gasteiger partial charge in [0.05, 0.1) is 10.5 Å². The molecular weight excluding hydrogens is 502 g/mol. The normalized spacial score (nSPS) is 12.8. The van der Waals surface area contributed by atoms with Crippen molar-refractivity contribution in [3.05, 3.63) is 112 Å². The van der Waals surface area contributed by atoms with Gasteiger partial charge in [0.15, 0.2) is 0 Å². The molecule has 0 heterocycles. The molecule has 0 saturated carbocycles. The minimum Gasteiger partial charge on any atom is -0.258 e. The average molecular weight is 536 g/mol. The van der Waals surface area contributed by atoms with Crippen LogP contribution in [0.3, 0.4) is 0 Å². The Morgan fingerprint density at radius 2 is 1.05 bits per heavy atom. The molecule has 0 spiro atoms. The molecule has 3 nitrogen and oxygen atoms in total. The van der Waals surface area contributed by atoms with E-state index in [0.717, 1.165) is 16.3 Å². The van der Waals surface area contributed by atoms with Crippen LogP contribution < -0.4 is 0 Å². The summed E-state index contributed by atoms with van der Waals surface area (Å²) in [5.41, 5.74) is 4.28. The summed E-state index contributed by atoms with van der Waals surface area (Å²) >= 11 is 0. The van der Waals surface area contributed by atoms with Gasteiger partial charge in [0.2, 0.25) is 0 Å². The second-order valence-electron chi connectivity index (χ2n) is 13.5. The molecule has 0 radical (unpaired) electrons. The number of benzene rings is 7. The van der Waals surface area contributed by atoms with Gasteiger partial charge in [-0.1, -0.05) is 90.1 Å². The fraction of sp³-hybridized carbons (Fsp3) is 0.211. The third-order valence-electron chi connectivity index (χ3n) is 8.73. The van der Waals surface area contributed by atoms with Crippen molar-refractivity contribution in [3.63, 3.8) is 0 Å². The maximum atomic E-state index is 11.8. The molecule has 0 aliphatic heterocycles. The van der Waals surface area contributed by atoms with Crippen LogP contribution in [0.4, 0.5) is 5.69 Å². The number of fused-ring (bicyclic) bond motifs is 4. The lowest BCUT2D eigenvalue weighted by atomic mass is 9.79. The van der Waals surface area contributed by atoms with E-state index in [2.05, 4.69) is 102 Å². The highest BCUT2D eigenvalue weighted by atomic mass is 16.6. The minimum atomic E-state index is -0.300. The summed E-state index contributed by atoms with van der Waals surface area (Å²) in [5.74, 6) is 0. The van der Waals surface area contributed by atoms with Crippen LogP contribution in [0.1, 0.15) is 52.7 Å². The molecule has 0 aliphatic rings. The van der Waals surface area contributed by atoms with Gasteiger partial charge in [-0.15, -0.1) is 0 Å². The van der Waals surface area contributed by atoms with Crippen molar-refractivity contribution in [2.24, 2.45) is 0 Å². The fourth-order valence-corrected chi connectivity index (χ4v) is 6.41. The van der Waals surface area contributed by atoms with E-state index >= 15 is 0 Å². The third-order valence-corrected chi connectivity index (χ3v) is 8.73. The van der Waals surface area contributed by atoms with Gasteiger partial charge in [-0.2, -0.15) is 0 Å². The van der Waals surface area contributed by atoms with Gasteiger partial charge in [0, 0.05) is 6.07 Å². The molecule has 7 rings (SSSR count). The number of hydrogen-bond acceptors (Lipinski definition) is 2. The molecule has 7 aromatic carbocycles. The zero-order valence-electron chi connectivity index (χ0n) is 24.4. The summed E-state index contributed by atoms with van der Waals surface area (Å²) in [7, 11) is 0. The van der Waals surface area contributed by atoms with Gasteiger partial charge in [0.25, 0.3) is 5.69 Å². The molecule has 0 fully saturated rings. The lowest BCUT2D eigenvalue weighted by Crippen LogP contribution is -2.11. The van der Waals surface area contributed by atoms with Crippen molar-refractivity contribution in [1.29, 1.82) is 0 Å². The van der Waals surface area contributed by atoms with Gasteiger partial charge in [-0.3, -0.25) is 10.1 Å². The van der Waals surface area contributed by atoms with Gasteiger partial charge >= 0.3 is 0 Å². The lowest BCUT2D eigenvalue weighted by molar-refractivity contribution is -0.384. The Morgan fingerprint density at radius 1 is 0.537 bits per heavy atom. The molecule has 0 aromatic heterocycles. The van der Waals surface area contributed by atoms with E-state index in [1.165, 1.54) is 54.2 Å². The predicted molar refractivity (Wildman–Crippen MR) is 175 cm³/mol. The summed E-state index contributed by atoms with van der Waals surface area (Å²) in [5, 5.41) is 24.2. The zero-order chi connectivity index (χ0) is 28.8. The molecule has 0 atom stereocenters. The van der Waals surface area contributed by atoms with Crippen molar-refractivity contribution in [2.75, 3.05) is 0 Å². The first-order valence-corrected chi connectivity index (χ1v) is 14.3. The van der Waals surface area contributed by atoms with Crippen LogP contribution in [0, 0.1) is 10.1 Å². The summed E-state index contributed by atoms with van der Waals surface area (Å²) in [6, 6.07) is 31.9. The molecule has 0 N–H and O–H groups in total. The average Bonchev–Trinajstić information content (AvgIpc) is 2.93. The Hall–Kier alpha value is -4.50.